The summed E-state index contributed by atoms with van der Waals surface area (Å²) in [5, 5.41) is 9.79. The number of rotatable bonds is 4. The molecule has 32 heavy (non-hydrogen) atoms. The van der Waals surface area contributed by atoms with Crippen LogP contribution in [0.2, 0.25) is 5.02 Å². The summed E-state index contributed by atoms with van der Waals surface area (Å²) in [5.41, 5.74) is 4.16. The average Bonchev–Trinajstić information content (AvgIpc) is 3.46. The molecule has 1 atom stereocenters. The first kappa shape index (κ1) is 20.5. The predicted octanol–water partition coefficient (Wildman–Crippen LogP) is 6.46. The van der Waals surface area contributed by atoms with Crippen LogP contribution in [0.1, 0.15) is 30.0 Å². The Balaban J connectivity index is 1.67. The SMILES string of the molecule is CC1=C(c2nc(-c3cccs3)no2)C(c2ccc(C)cc2)NC(=O)N1c1cccc(Cl)c1. The fraction of sp³-hybridized carbons (Fsp3) is 0.125. The van der Waals surface area contributed by atoms with Crippen LogP contribution in [0.15, 0.2) is 76.3 Å². The van der Waals surface area contributed by atoms with Crippen LogP contribution in [0.3, 0.4) is 0 Å². The molecule has 6 nitrogen and oxygen atoms in total. The van der Waals surface area contributed by atoms with Crippen molar-refractivity contribution >= 4 is 40.2 Å². The van der Waals surface area contributed by atoms with Crippen LogP contribution in [-0.4, -0.2) is 16.2 Å². The van der Waals surface area contributed by atoms with Gasteiger partial charge in [-0.25, -0.2) is 4.79 Å². The minimum absolute atomic E-state index is 0.253. The van der Waals surface area contributed by atoms with E-state index in [9.17, 15) is 4.79 Å². The number of benzene rings is 2. The number of halogens is 1. The zero-order valence-electron chi connectivity index (χ0n) is 17.4. The number of carbonyl (C=O) groups is 1. The quantitative estimate of drug-likeness (QED) is 0.377. The van der Waals surface area contributed by atoms with Gasteiger partial charge in [0.05, 0.1) is 22.2 Å². The zero-order valence-corrected chi connectivity index (χ0v) is 18.9. The van der Waals surface area contributed by atoms with Crippen molar-refractivity contribution in [1.29, 1.82) is 0 Å². The summed E-state index contributed by atoms with van der Waals surface area (Å²) in [7, 11) is 0. The van der Waals surface area contributed by atoms with Crippen LogP contribution >= 0.6 is 22.9 Å². The number of hydrogen-bond acceptors (Lipinski definition) is 5. The van der Waals surface area contributed by atoms with Crippen molar-refractivity contribution < 1.29 is 9.32 Å². The Bertz CT molecular complexity index is 1310. The Hall–Kier alpha value is -3.42. The standard InChI is InChI=1S/C24H19ClN4O2S/c1-14-8-10-16(11-9-14)21-20(23-27-22(28-31-23)19-7-4-12-32-19)15(2)29(24(30)26-21)18-6-3-5-17(25)13-18/h3-13,21H,1-2H3,(H,26,30). The van der Waals surface area contributed by atoms with Gasteiger partial charge >= 0.3 is 6.03 Å². The van der Waals surface area contributed by atoms with E-state index in [1.807, 2.05) is 67.8 Å². The van der Waals surface area contributed by atoms with Crippen molar-refractivity contribution in [2.24, 2.45) is 0 Å². The summed E-state index contributed by atoms with van der Waals surface area (Å²) in [6, 6.07) is 18.4. The van der Waals surface area contributed by atoms with E-state index in [-0.39, 0.29) is 6.03 Å². The largest absolute Gasteiger partial charge is 0.334 e. The summed E-state index contributed by atoms with van der Waals surface area (Å²) in [5.74, 6) is 0.882. The lowest BCUT2D eigenvalue weighted by Gasteiger charge is -2.35. The summed E-state index contributed by atoms with van der Waals surface area (Å²) in [6.45, 7) is 3.91. The van der Waals surface area contributed by atoms with Crippen LogP contribution in [0.5, 0.6) is 0 Å². The summed E-state index contributed by atoms with van der Waals surface area (Å²) in [4.78, 5) is 20.4. The number of urea groups is 1. The topological polar surface area (TPSA) is 71.3 Å². The Morgan fingerprint density at radius 2 is 1.91 bits per heavy atom. The highest BCUT2D eigenvalue weighted by molar-refractivity contribution is 7.13. The monoisotopic (exact) mass is 462 g/mol. The molecule has 0 radical (unpaired) electrons. The van der Waals surface area contributed by atoms with Gasteiger partial charge in [-0.1, -0.05) is 58.7 Å². The molecule has 2 aromatic carbocycles. The van der Waals surface area contributed by atoms with Gasteiger partial charge in [0.25, 0.3) is 5.89 Å². The van der Waals surface area contributed by atoms with Crippen molar-refractivity contribution in [1.82, 2.24) is 15.5 Å². The van der Waals surface area contributed by atoms with Gasteiger partial charge in [0.1, 0.15) is 0 Å². The molecule has 2 amide bonds. The highest BCUT2D eigenvalue weighted by atomic mass is 35.5. The predicted molar refractivity (Wildman–Crippen MR) is 127 cm³/mol. The van der Waals surface area contributed by atoms with Gasteiger partial charge < -0.3 is 9.84 Å². The first-order chi connectivity index (χ1) is 15.5. The molecule has 0 spiro atoms. The summed E-state index contributed by atoms with van der Waals surface area (Å²) in [6.07, 6.45) is 0. The van der Waals surface area contributed by atoms with Crippen LogP contribution in [0.25, 0.3) is 16.3 Å². The van der Waals surface area contributed by atoms with Gasteiger partial charge in [0, 0.05) is 10.7 Å². The van der Waals surface area contributed by atoms with Crippen LogP contribution in [0, 0.1) is 6.92 Å². The number of anilines is 1. The van der Waals surface area contributed by atoms with Crippen LogP contribution < -0.4 is 10.2 Å². The second-order valence-electron chi connectivity index (χ2n) is 7.51. The van der Waals surface area contributed by atoms with Gasteiger partial charge in [0.2, 0.25) is 5.82 Å². The molecule has 2 aromatic heterocycles. The molecule has 1 aliphatic rings. The second kappa shape index (κ2) is 8.26. The number of nitrogens with zero attached hydrogens (tertiary/aromatic N) is 3. The number of aromatic nitrogens is 2. The smallest absolute Gasteiger partial charge is 0.326 e. The van der Waals surface area contributed by atoms with Crippen molar-refractivity contribution in [3.63, 3.8) is 0 Å². The third-order valence-electron chi connectivity index (χ3n) is 5.36. The highest BCUT2D eigenvalue weighted by Crippen LogP contribution is 2.39. The molecule has 5 rings (SSSR count). The molecule has 0 bridgehead atoms. The van der Waals surface area contributed by atoms with E-state index >= 15 is 0 Å². The third-order valence-corrected chi connectivity index (χ3v) is 6.46. The van der Waals surface area contributed by atoms with Gasteiger partial charge in [-0.3, -0.25) is 4.90 Å². The molecule has 0 saturated carbocycles. The van der Waals surface area contributed by atoms with Gasteiger partial charge in [-0.2, -0.15) is 4.98 Å². The van der Waals surface area contributed by atoms with E-state index in [1.54, 1.807) is 17.0 Å². The molecule has 3 heterocycles. The van der Waals surface area contributed by atoms with E-state index in [0.717, 1.165) is 21.6 Å². The molecule has 1 N–H and O–H groups in total. The lowest BCUT2D eigenvalue weighted by atomic mass is 9.94. The zero-order chi connectivity index (χ0) is 22.2. The molecule has 4 aromatic rings. The van der Waals surface area contributed by atoms with Crippen molar-refractivity contribution in [3.8, 4) is 10.7 Å². The number of amides is 2. The molecule has 1 unspecified atom stereocenters. The normalized spacial score (nSPS) is 16.4. The van der Waals surface area contributed by atoms with Crippen molar-refractivity contribution in [3.05, 3.63) is 93.8 Å². The maximum absolute atomic E-state index is 13.2. The Morgan fingerprint density at radius 3 is 2.62 bits per heavy atom. The van der Waals surface area contributed by atoms with Crippen LogP contribution in [0.4, 0.5) is 10.5 Å². The third kappa shape index (κ3) is 3.70. The summed E-state index contributed by atoms with van der Waals surface area (Å²) >= 11 is 7.74. The number of nitrogens with one attached hydrogen (secondary N) is 1. The average molecular weight is 463 g/mol. The fourth-order valence-electron chi connectivity index (χ4n) is 3.79. The fourth-order valence-corrected chi connectivity index (χ4v) is 4.63. The van der Waals surface area contributed by atoms with E-state index in [1.165, 1.54) is 11.3 Å². The lowest BCUT2D eigenvalue weighted by molar-refractivity contribution is 0.244. The van der Waals surface area contributed by atoms with Gasteiger partial charge in [-0.15, -0.1) is 11.3 Å². The molecule has 0 saturated heterocycles. The number of thiophene rings is 1. The number of allylic oxidation sites excluding steroid dienone is 1. The summed E-state index contributed by atoms with van der Waals surface area (Å²) < 4.78 is 5.70. The Morgan fingerprint density at radius 1 is 1.09 bits per heavy atom. The molecular formula is C24H19ClN4O2S. The molecule has 0 fully saturated rings. The molecular weight excluding hydrogens is 444 g/mol. The van der Waals surface area contributed by atoms with E-state index in [2.05, 4.69) is 15.5 Å². The number of hydrogen-bond donors (Lipinski definition) is 1. The minimum Gasteiger partial charge on any atom is -0.334 e. The van der Waals surface area contributed by atoms with E-state index in [4.69, 9.17) is 16.1 Å². The van der Waals surface area contributed by atoms with Gasteiger partial charge in [0.15, 0.2) is 0 Å². The molecule has 1 aliphatic heterocycles. The first-order valence-electron chi connectivity index (χ1n) is 10.0. The maximum atomic E-state index is 13.2. The van der Waals surface area contributed by atoms with Crippen molar-refractivity contribution in [2.75, 3.05) is 4.90 Å². The minimum atomic E-state index is -0.435. The first-order valence-corrected chi connectivity index (χ1v) is 11.3. The van der Waals surface area contributed by atoms with E-state index < -0.39 is 6.04 Å². The molecule has 0 aliphatic carbocycles. The molecule has 8 heteroatoms. The second-order valence-corrected chi connectivity index (χ2v) is 8.89. The highest BCUT2D eigenvalue weighted by Gasteiger charge is 2.36. The Labute approximate surface area is 194 Å². The maximum Gasteiger partial charge on any atom is 0.326 e. The number of carbonyl (C=O) groups excluding carboxylic acids is 1. The Kier molecular flexibility index (Phi) is 5.28. The van der Waals surface area contributed by atoms with Gasteiger partial charge in [-0.05, 0) is 49.1 Å². The van der Waals surface area contributed by atoms with Crippen LogP contribution in [-0.2, 0) is 0 Å². The molecule has 160 valence electrons. The number of aryl methyl sites for hydroxylation is 1. The van der Waals surface area contributed by atoms with E-state index in [0.29, 0.717) is 28.1 Å². The lowest BCUT2D eigenvalue weighted by Crippen LogP contribution is -2.46. The van der Waals surface area contributed by atoms with Crippen molar-refractivity contribution in [2.45, 2.75) is 19.9 Å².